The highest BCUT2D eigenvalue weighted by Crippen LogP contribution is 2.17. The average molecular weight is 243 g/mol. The van der Waals surface area contributed by atoms with Gasteiger partial charge in [-0.3, -0.25) is 4.79 Å². The number of nitrogens with one attached hydrogen (secondary N) is 1. The van der Waals surface area contributed by atoms with Crippen LogP contribution >= 0.6 is 23.6 Å². The number of thiocarbonyl (C=S) groups is 1. The fourth-order valence-corrected chi connectivity index (χ4v) is 2.06. The monoisotopic (exact) mass is 243 g/mol. The summed E-state index contributed by atoms with van der Waals surface area (Å²) in [6.07, 6.45) is 2.31. The lowest BCUT2D eigenvalue weighted by Gasteiger charge is -2.11. The van der Waals surface area contributed by atoms with Crippen LogP contribution in [-0.4, -0.2) is 15.9 Å². The molecule has 0 bridgehead atoms. The van der Waals surface area contributed by atoms with Gasteiger partial charge in [-0.05, 0) is 13.3 Å². The van der Waals surface area contributed by atoms with Gasteiger partial charge in [-0.15, -0.1) is 11.3 Å². The van der Waals surface area contributed by atoms with Gasteiger partial charge in [0.15, 0.2) is 5.13 Å². The van der Waals surface area contributed by atoms with Crippen molar-refractivity contribution in [3.05, 3.63) is 11.1 Å². The Balaban J connectivity index is 2.66. The van der Waals surface area contributed by atoms with Gasteiger partial charge in [0.05, 0.1) is 10.9 Å². The molecule has 0 aliphatic heterocycles. The van der Waals surface area contributed by atoms with Crippen LogP contribution in [0.2, 0.25) is 0 Å². The molecule has 6 heteroatoms. The minimum atomic E-state index is -0.413. The molecule has 1 aromatic rings. The molecule has 0 saturated heterocycles. The van der Waals surface area contributed by atoms with Crippen LogP contribution in [0.5, 0.6) is 0 Å². The Labute approximate surface area is 97.9 Å². The van der Waals surface area contributed by atoms with Gasteiger partial charge in [-0.1, -0.05) is 19.1 Å². The van der Waals surface area contributed by atoms with Crippen molar-refractivity contribution in [1.82, 2.24) is 4.98 Å². The van der Waals surface area contributed by atoms with Crippen molar-refractivity contribution in [2.24, 2.45) is 11.7 Å². The fourth-order valence-electron chi connectivity index (χ4n) is 1.12. The van der Waals surface area contributed by atoms with Crippen LogP contribution in [-0.2, 0) is 4.79 Å². The van der Waals surface area contributed by atoms with Crippen molar-refractivity contribution in [2.75, 3.05) is 5.32 Å². The van der Waals surface area contributed by atoms with Crippen LogP contribution in [0.1, 0.15) is 18.2 Å². The lowest BCUT2D eigenvalue weighted by Crippen LogP contribution is -2.32. The lowest BCUT2D eigenvalue weighted by atomic mass is 10.1. The predicted octanol–water partition coefficient (Wildman–Crippen LogP) is 1.70. The van der Waals surface area contributed by atoms with Gasteiger partial charge in [0.25, 0.3) is 0 Å². The first kappa shape index (κ1) is 12.1. The number of carbonyl (C=O) groups is 1. The number of aromatic nitrogens is 1. The summed E-state index contributed by atoms with van der Waals surface area (Å²) in [6.45, 7) is 3.80. The van der Waals surface area contributed by atoms with Crippen LogP contribution in [0, 0.1) is 12.8 Å². The van der Waals surface area contributed by atoms with E-state index < -0.39 is 5.92 Å². The molecule has 1 amide bonds. The zero-order chi connectivity index (χ0) is 11.4. The number of anilines is 1. The molecule has 1 aromatic heterocycles. The van der Waals surface area contributed by atoms with Gasteiger partial charge >= 0.3 is 0 Å². The summed E-state index contributed by atoms with van der Waals surface area (Å²) in [7, 11) is 0. The quantitative estimate of drug-likeness (QED) is 0.790. The molecule has 0 aliphatic carbocycles. The van der Waals surface area contributed by atoms with E-state index in [1.807, 2.05) is 13.8 Å². The highest BCUT2D eigenvalue weighted by Gasteiger charge is 2.19. The number of thiazole rings is 1. The number of aryl methyl sites for hydroxylation is 1. The summed E-state index contributed by atoms with van der Waals surface area (Å²) in [5, 5.41) is 3.29. The van der Waals surface area contributed by atoms with Crippen molar-refractivity contribution >= 4 is 39.6 Å². The number of amides is 1. The number of hydrogen-bond donors (Lipinski definition) is 2. The third kappa shape index (κ3) is 3.24. The number of carbonyl (C=O) groups excluding carboxylic acids is 1. The molecule has 3 N–H and O–H groups in total. The molecular formula is C9H13N3OS2. The third-order valence-electron chi connectivity index (χ3n) is 1.92. The summed E-state index contributed by atoms with van der Waals surface area (Å²) in [5.41, 5.74) is 5.46. The number of hydrogen-bond acceptors (Lipinski definition) is 4. The Morgan fingerprint density at radius 2 is 2.47 bits per heavy atom. The van der Waals surface area contributed by atoms with E-state index in [2.05, 4.69) is 10.3 Å². The highest BCUT2D eigenvalue weighted by atomic mass is 32.1. The second-order valence-corrected chi connectivity index (χ2v) is 4.83. The topological polar surface area (TPSA) is 68.0 Å². The summed E-state index contributed by atoms with van der Waals surface area (Å²) in [5.74, 6) is -0.594. The van der Waals surface area contributed by atoms with E-state index in [1.165, 1.54) is 11.3 Å². The van der Waals surface area contributed by atoms with Crippen molar-refractivity contribution < 1.29 is 4.79 Å². The molecule has 0 fully saturated rings. The average Bonchev–Trinajstić information content (AvgIpc) is 2.51. The number of nitrogens with zero attached hydrogens (tertiary/aromatic N) is 1. The second kappa shape index (κ2) is 5.18. The maximum absolute atomic E-state index is 11.7. The Morgan fingerprint density at radius 1 is 1.80 bits per heavy atom. The van der Waals surface area contributed by atoms with Crippen LogP contribution in [0.15, 0.2) is 6.20 Å². The minimum absolute atomic E-state index is 0.181. The summed E-state index contributed by atoms with van der Waals surface area (Å²) in [6, 6.07) is 0. The molecule has 4 nitrogen and oxygen atoms in total. The van der Waals surface area contributed by atoms with E-state index >= 15 is 0 Å². The van der Waals surface area contributed by atoms with Crippen LogP contribution < -0.4 is 11.1 Å². The molecule has 0 aliphatic rings. The molecule has 0 radical (unpaired) electrons. The zero-order valence-electron chi connectivity index (χ0n) is 8.61. The van der Waals surface area contributed by atoms with Gasteiger partial charge in [0.1, 0.15) is 0 Å². The second-order valence-electron chi connectivity index (χ2n) is 3.13. The van der Waals surface area contributed by atoms with Crippen molar-refractivity contribution in [3.63, 3.8) is 0 Å². The number of rotatable bonds is 4. The summed E-state index contributed by atoms with van der Waals surface area (Å²) >= 11 is 6.24. The Morgan fingerprint density at radius 3 is 2.87 bits per heavy atom. The molecule has 1 unspecified atom stereocenters. The molecule has 1 heterocycles. The Hall–Kier alpha value is -1.01. The SMILES string of the molecule is CCC(C(=O)Nc1ncc(C)s1)C(N)=S. The van der Waals surface area contributed by atoms with E-state index in [1.54, 1.807) is 6.20 Å². The van der Waals surface area contributed by atoms with E-state index in [-0.39, 0.29) is 10.9 Å². The maximum atomic E-state index is 11.7. The number of nitrogens with two attached hydrogens (primary N) is 1. The normalized spacial score (nSPS) is 12.1. The Kier molecular flexibility index (Phi) is 4.16. The first-order chi connectivity index (χ1) is 7.04. The van der Waals surface area contributed by atoms with Gasteiger partial charge in [-0.25, -0.2) is 4.98 Å². The van der Waals surface area contributed by atoms with Gasteiger partial charge < -0.3 is 11.1 Å². The first-order valence-corrected chi connectivity index (χ1v) is 5.79. The third-order valence-corrected chi connectivity index (χ3v) is 3.03. The first-order valence-electron chi connectivity index (χ1n) is 4.57. The standard InChI is InChI=1S/C9H13N3OS2/c1-3-6(7(10)14)8(13)12-9-11-4-5(2)15-9/h4,6H,3H2,1-2H3,(H2,10,14)(H,11,12,13). The van der Waals surface area contributed by atoms with E-state index in [4.69, 9.17) is 18.0 Å². The largest absolute Gasteiger partial charge is 0.393 e. The lowest BCUT2D eigenvalue weighted by molar-refractivity contribution is -0.118. The van der Waals surface area contributed by atoms with E-state index in [9.17, 15) is 4.79 Å². The summed E-state index contributed by atoms with van der Waals surface area (Å²) in [4.78, 5) is 17.0. The van der Waals surface area contributed by atoms with Crippen molar-refractivity contribution in [2.45, 2.75) is 20.3 Å². The Bertz CT molecular complexity index is 375. The zero-order valence-corrected chi connectivity index (χ0v) is 10.2. The molecular weight excluding hydrogens is 230 g/mol. The van der Waals surface area contributed by atoms with Crippen LogP contribution in [0.3, 0.4) is 0 Å². The molecule has 1 rings (SSSR count). The predicted molar refractivity (Wildman–Crippen MR) is 66.0 cm³/mol. The molecule has 0 spiro atoms. The molecule has 1 atom stereocenters. The maximum Gasteiger partial charge on any atom is 0.236 e. The summed E-state index contributed by atoms with van der Waals surface area (Å²) < 4.78 is 0. The van der Waals surface area contributed by atoms with Crippen molar-refractivity contribution in [1.29, 1.82) is 0 Å². The molecule has 0 saturated carbocycles. The van der Waals surface area contributed by atoms with Gasteiger partial charge in [0, 0.05) is 11.1 Å². The minimum Gasteiger partial charge on any atom is -0.393 e. The fraction of sp³-hybridized carbons (Fsp3) is 0.444. The smallest absolute Gasteiger partial charge is 0.236 e. The molecule has 15 heavy (non-hydrogen) atoms. The van der Waals surface area contributed by atoms with Crippen LogP contribution in [0.4, 0.5) is 5.13 Å². The van der Waals surface area contributed by atoms with Gasteiger partial charge in [0.2, 0.25) is 5.91 Å². The van der Waals surface area contributed by atoms with E-state index in [0.29, 0.717) is 11.6 Å². The van der Waals surface area contributed by atoms with Crippen molar-refractivity contribution in [3.8, 4) is 0 Å². The molecule has 0 aromatic carbocycles. The van der Waals surface area contributed by atoms with Crippen LogP contribution in [0.25, 0.3) is 0 Å². The highest BCUT2D eigenvalue weighted by molar-refractivity contribution is 7.80. The van der Waals surface area contributed by atoms with Gasteiger partial charge in [-0.2, -0.15) is 0 Å². The molecule has 82 valence electrons. The van der Waals surface area contributed by atoms with E-state index in [0.717, 1.165) is 4.88 Å².